The van der Waals surface area contributed by atoms with E-state index < -0.39 is 9.84 Å². The smallest absolute Gasteiger partial charge is 0.240 e. The fourth-order valence-electron chi connectivity index (χ4n) is 2.77. The van der Waals surface area contributed by atoms with Crippen LogP contribution >= 0.6 is 0 Å². The number of carbonyl (C=O) groups is 1. The van der Waals surface area contributed by atoms with Crippen molar-refractivity contribution in [1.29, 1.82) is 0 Å². The van der Waals surface area contributed by atoms with Crippen LogP contribution in [0.15, 0.2) is 24.3 Å². The Morgan fingerprint density at radius 3 is 2.74 bits per heavy atom. The minimum Gasteiger partial charge on any atom is -0.354 e. The van der Waals surface area contributed by atoms with Gasteiger partial charge < -0.3 is 9.88 Å². The summed E-state index contributed by atoms with van der Waals surface area (Å²) in [6.07, 6.45) is 2.33. The van der Waals surface area contributed by atoms with Crippen molar-refractivity contribution in [2.24, 2.45) is 11.8 Å². The minimum absolute atomic E-state index is 0.0897. The molecule has 0 spiro atoms. The second kappa shape index (κ2) is 5.96. The van der Waals surface area contributed by atoms with Gasteiger partial charge in [-0.2, -0.15) is 0 Å². The predicted octanol–water partition coefficient (Wildman–Crippen LogP) is 1.35. The maximum atomic E-state index is 12.2. The molecule has 1 N–H and O–H groups in total. The largest absolute Gasteiger partial charge is 0.354 e. The Labute approximate surface area is 135 Å². The lowest BCUT2D eigenvalue weighted by Crippen LogP contribution is -2.30. The maximum Gasteiger partial charge on any atom is 0.240 e. The zero-order chi connectivity index (χ0) is 16.6. The third kappa shape index (κ3) is 3.90. The van der Waals surface area contributed by atoms with Crippen LogP contribution in [0.25, 0.3) is 11.0 Å². The molecule has 0 unspecified atom stereocenters. The van der Waals surface area contributed by atoms with Gasteiger partial charge in [-0.25, -0.2) is 13.4 Å². The van der Waals surface area contributed by atoms with E-state index in [-0.39, 0.29) is 18.2 Å². The van der Waals surface area contributed by atoms with Gasteiger partial charge in [-0.3, -0.25) is 4.79 Å². The molecule has 1 aromatic carbocycles. The number of nitrogens with zero attached hydrogens (tertiary/aromatic N) is 2. The van der Waals surface area contributed by atoms with Crippen molar-refractivity contribution in [3.05, 3.63) is 30.1 Å². The van der Waals surface area contributed by atoms with E-state index in [1.54, 1.807) is 4.57 Å². The summed E-state index contributed by atoms with van der Waals surface area (Å²) in [5.41, 5.74) is 1.48. The van der Waals surface area contributed by atoms with Crippen LogP contribution in [-0.2, 0) is 26.9 Å². The highest BCUT2D eigenvalue weighted by Crippen LogP contribution is 2.36. The third-order valence-corrected chi connectivity index (χ3v) is 5.05. The number of aromatic nitrogens is 2. The molecule has 7 heteroatoms. The third-order valence-electron chi connectivity index (χ3n) is 4.26. The molecule has 6 nitrogen and oxygen atoms in total. The average molecular weight is 335 g/mol. The van der Waals surface area contributed by atoms with Gasteiger partial charge in [0.05, 0.1) is 11.0 Å². The van der Waals surface area contributed by atoms with Crippen LogP contribution in [0.3, 0.4) is 0 Å². The van der Waals surface area contributed by atoms with Crippen molar-refractivity contribution >= 4 is 26.8 Å². The number of amides is 1. The molecule has 0 saturated heterocycles. The van der Waals surface area contributed by atoms with Crippen LogP contribution < -0.4 is 5.32 Å². The Morgan fingerprint density at radius 2 is 2.09 bits per heavy atom. The fraction of sp³-hybridized carbons (Fsp3) is 0.500. The Hall–Kier alpha value is -1.89. The van der Waals surface area contributed by atoms with Gasteiger partial charge in [-0.15, -0.1) is 0 Å². The monoisotopic (exact) mass is 335 g/mol. The Bertz CT molecular complexity index is 841. The molecule has 1 amide bonds. The molecular weight excluding hydrogens is 314 g/mol. The standard InChI is InChI=1S/C16H21N3O3S/c1-11-7-12(11)8-17-16(20)9-19-14-6-4-3-5-13(14)18-15(19)10-23(2,21)22/h3-6,11-12H,7-10H2,1-2H3,(H,17,20)/t11-,12-/m0/s1. The number of benzene rings is 1. The van der Waals surface area contributed by atoms with Crippen LogP contribution in [0, 0.1) is 11.8 Å². The number of hydrogen-bond acceptors (Lipinski definition) is 4. The van der Waals surface area contributed by atoms with E-state index in [9.17, 15) is 13.2 Å². The second-order valence-corrected chi connectivity index (χ2v) is 8.59. The number of para-hydroxylation sites is 2. The summed E-state index contributed by atoms with van der Waals surface area (Å²) in [4.78, 5) is 16.6. The van der Waals surface area contributed by atoms with E-state index in [1.807, 2.05) is 24.3 Å². The summed E-state index contributed by atoms with van der Waals surface area (Å²) in [5, 5.41) is 2.93. The highest BCUT2D eigenvalue weighted by Gasteiger charge is 2.32. The minimum atomic E-state index is -3.22. The van der Waals surface area contributed by atoms with E-state index in [0.717, 1.165) is 11.9 Å². The summed E-state index contributed by atoms with van der Waals surface area (Å²) in [7, 11) is -3.22. The molecule has 23 heavy (non-hydrogen) atoms. The van der Waals surface area contributed by atoms with Gasteiger partial charge in [0.1, 0.15) is 18.1 Å². The van der Waals surface area contributed by atoms with E-state index >= 15 is 0 Å². The van der Waals surface area contributed by atoms with Gasteiger partial charge in [0.2, 0.25) is 5.91 Å². The Kier molecular flexibility index (Phi) is 4.14. The van der Waals surface area contributed by atoms with Crippen molar-refractivity contribution in [1.82, 2.24) is 14.9 Å². The van der Waals surface area contributed by atoms with Crippen molar-refractivity contribution < 1.29 is 13.2 Å². The number of carbonyl (C=O) groups excluding carboxylic acids is 1. The summed E-state index contributed by atoms with van der Waals surface area (Å²) >= 11 is 0. The molecule has 0 bridgehead atoms. The molecule has 0 radical (unpaired) electrons. The van der Waals surface area contributed by atoms with Gasteiger partial charge in [-0.1, -0.05) is 19.1 Å². The average Bonchev–Trinajstić information content (AvgIpc) is 3.07. The van der Waals surface area contributed by atoms with Gasteiger partial charge in [0, 0.05) is 12.8 Å². The highest BCUT2D eigenvalue weighted by atomic mass is 32.2. The molecule has 1 heterocycles. The van der Waals surface area contributed by atoms with Crippen molar-refractivity contribution in [2.75, 3.05) is 12.8 Å². The molecule has 1 aliphatic rings. The Morgan fingerprint density at radius 1 is 1.39 bits per heavy atom. The van der Waals surface area contributed by atoms with Crippen LogP contribution in [-0.4, -0.2) is 36.7 Å². The van der Waals surface area contributed by atoms with Crippen LogP contribution in [0.2, 0.25) is 0 Å². The first-order valence-electron chi connectivity index (χ1n) is 7.72. The zero-order valence-corrected chi connectivity index (χ0v) is 14.1. The first-order chi connectivity index (χ1) is 10.8. The van der Waals surface area contributed by atoms with Gasteiger partial charge in [-0.05, 0) is 30.4 Å². The van der Waals surface area contributed by atoms with Crippen LogP contribution in [0.4, 0.5) is 0 Å². The predicted molar refractivity (Wildman–Crippen MR) is 88.6 cm³/mol. The molecule has 1 saturated carbocycles. The van der Waals surface area contributed by atoms with E-state index in [2.05, 4.69) is 17.2 Å². The lowest BCUT2D eigenvalue weighted by Gasteiger charge is -2.09. The molecule has 0 aliphatic heterocycles. The molecule has 1 fully saturated rings. The molecule has 2 aromatic rings. The number of nitrogens with one attached hydrogen (secondary N) is 1. The molecule has 124 valence electrons. The van der Waals surface area contributed by atoms with Gasteiger partial charge in [0.25, 0.3) is 0 Å². The van der Waals surface area contributed by atoms with E-state index in [4.69, 9.17) is 0 Å². The SMILES string of the molecule is C[C@H]1C[C@H]1CNC(=O)Cn1c(CS(C)(=O)=O)nc2ccccc21. The Balaban J connectivity index is 1.82. The lowest BCUT2D eigenvalue weighted by atomic mass is 10.3. The zero-order valence-electron chi connectivity index (χ0n) is 13.3. The number of sulfone groups is 1. The second-order valence-electron chi connectivity index (χ2n) is 6.45. The number of imidazole rings is 1. The van der Waals surface area contributed by atoms with E-state index in [0.29, 0.717) is 29.7 Å². The van der Waals surface area contributed by atoms with Gasteiger partial charge in [0.15, 0.2) is 9.84 Å². The number of rotatable bonds is 6. The lowest BCUT2D eigenvalue weighted by molar-refractivity contribution is -0.121. The number of hydrogen-bond donors (Lipinski definition) is 1. The first kappa shape index (κ1) is 16.0. The molecule has 1 aromatic heterocycles. The topological polar surface area (TPSA) is 81.1 Å². The van der Waals surface area contributed by atoms with Crippen molar-refractivity contribution in [3.8, 4) is 0 Å². The molecule has 1 aliphatic carbocycles. The molecule has 3 rings (SSSR count). The van der Waals surface area contributed by atoms with Crippen molar-refractivity contribution in [2.45, 2.75) is 25.6 Å². The van der Waals surface area contributed by atoms with E-state index in [1.165, 1.54) is 6.26 Å². The fourth-order valence-corrected chi connectivity index (χ4v) is 3.46. The summed E-state index contributed by atoms with van der Waals surface area (Å²) < 4.78 is 24.9. The van der Waals surface area contributed by atoms with Crippen LogP contribution in [0.5, 0.6) is 0 Å². The summed E-state index contributed by atoms with van der Waals surface area (Å²) in [6.45, 7) is 2.95. The van der Waals surface area contributed by atoms with Crippen LogP contribution in [0.1, 0.15) is 19.2 Å². The molecule has 2 atom stereocenters. The summed E-state index contributed by atoms with van der Waals surface area (Å²) in [5.74, 6) is 1.39. The molecular formula is C16H21N3O3S. The van der Waals surface area contributed by atoms with Crippen molar-refractivity contribution in [3.63, 3.8) is 0 Å². The summed E-state index contributed by atoms with van der Waals surface area (Å²) in [6, 6.07) is 7.37. The normalized spacial score (nSPS) is 20.6. The number of fused-ring (bicyclic) bond motifs is 1. The highest BCUT2D eigenvalue weighted by molar-refractivity contribution is 7.89. The maximum absolute atomic E-state index is 12.2. The van der Waals surface area contributed by atoms with Gasteiger partial charge >= 0.3 is 0 Å². The first-order valence-corrected chi connectivity index (χ1v) is 9.78. The quantitative estimate of drug-likeness (QED) is 0.864.